The molecule has 0 aliphatic carbocycles. The lowest BCUT2D eigenvalue weighted by Crippen LogP contribution is -2.46. The molecule has 2 N–H and O–H groups in total. The fraction of sp³-hybridized carbons (Fsp3) is 1.00. The van der Waals surface area contributed by atoms with E-state index in [0.717, 1.165) is 0 Å². The van der Waals surface area contributed by atoms with E-state index in [1.807, 2.05) is 0 Å². The van der Waals surface area contributed by atoms with Crippen molar-refractivity contribution in [2.45, 2.75) is 245 Å². The van der Waals surface area contributed by atoms with Gasteiger partial charge in [-0.15, -0.1) is 0 Å². The second-order valence-corrected chi connectivity index (χ2v) is 14.0. The molecule has 0 fully saturated rings. The Labute approximate surface area is 256 Å². The maximum atomic E-state index is 7.28. The van der Waals surface area contributed by atoms with Gasteiger partial charge in [0.1, 0.15) is 0 Å². The molecule has 0 aromatic rings. The zero-order valence-electron chi connectivity index (χ0n) is 29.0. The minimum Gasteiger partial charge on any atom is -0.325 e. The first-order chi connectivity index (χ1) is 19.6. The van der Waals surface area contributed by atoms with Gasteiger partial charge >= 0.3 is 0 Å². The third-order valence-electron chi connectivity index (χ3n) is 9.96. The lowest BCUT2D eigenvalue weighted by Gasteiger charge is -2.36. The van der Waals surface area contributed by atoms with Gasteiger partial charge in [-0.1, -0.05) is 220 Å². The quantitative estimate of drug-likeness (QED) is 0.0774. The summed E-state index contributed by atoms with van der Waals surface area (Å²) in [5.74, 6) is 0.679. The minimum absolute atomic E-state index is 0.0829. The summed E-state index contributed by atoms with van der Waals surface area (Å²) in [5, 5.41) is 0. The van der Waals surface area contributed by atoms with E-state index in [4.69, 9.17) is 5.73 Å². The van der Waals surface area contributed by atoms with E-state index in [9.17, 15) is 0 Å². The van der Waals surface area contributed by atoms with Crippen molar-refractivity contribution in [1.29, 1.82) is 0 Å². The molecule has 0 aliphatic rings. The first-order valence-corrected chi connectivity index (χ1v) is 19.4. The summed E-state index contributed by atoms with van der Waals surface area (Å²) in [6, 6.07) is 0. The van der Waals surface area contributed by atoms with Gasteiger partial charge in [-0.2, -0.15) is 0 Å². The fourth-order valence-electron chi connectivity index (χ4n) is 6.73. The van der Waals surface area contributed by atoms with Crippen LogP contribution in [0.2, 0.25) is 0 Å². The second kappa shape index (κ2) is 31.9. The predicted octanol–water partition coefficient (Wildman–Crippen LogP) is 14.3. The van der Waals surface area contributed by atoms with Crippen LogP contribution < -0.4 is 5.73 Å². The summed E-state index contributed by atoms with van der Waals surface area (Å²) in [4.78, 5) is 0. The van der Waals surface area contributed by atoms with Gasteiger partial charge in [-0.05, 0) is 25.2 Å². The third kappa shape index (κ3) is 26.8. The van der Waals surface area contributed by atoms with E-state index >= 15 is 0 Å². The molecule has 0 spiro atoms. The van der Waals surface area contributed by atoms with Crippen LogP contribution in [0, 0.1) is 5.92 Å². The second-order valence-electron chi connectivity index (χ2n) is 14.0. The average Bonchev–Trinajstić information content (AvgIpc) is 2.96. The molecular formula is C39H81N. The molecule has 0 heterocycles. The predicted molar refractivity (Wildman–Crippen MR) is 185 cm³/mol. The summed E-state index contributed by atoms with van der Waals surface area (Å²) in [6.45, 7) is 9.43. The minimum atomic E-state index is 0.0829. The highest BCUT2D eigenvalue weighted by Crippen LogP contribution is 2.32. The highest BCUT2D eigenvalue weighted by Gasteiger charge is 2.30. The zero-order chi connectivity index (χ0) is 29.4. The van der Waals surface area contributed by atoms with Crippen molar-refractivity contribution in [3.05, 3.63) is 0 Å². The Morgan fingerprint density at radius 3 is 0.850 bits per heavy atom. The Balaban J connectivity index is 4.23. The maximum Gasteiger partial charge on any atom is 0.0180 e. The first-order valence-electron chi connectivity index (χ1n) is 19.4. The lowest BCUT2D eigenvalue weighted by atomic mass is 9.75. The summed E-state index contributed by atoms with van der Waals surface area (Å²) < 4.78 is 0. The molecule has 1 unspecified atom stereocenters. The highest BCUT2D eigenvalue weighted by atomic mass is 14.8. The third-order valence-corrected chi connectivity index (χ3v) is 9.96. The van der Waals surface area contributed by atoms with Crippen molar-refractivity contribution in [3.63, 3.8) is 0 Å². The van der Waals surface area contributed by atoms with E-state index in [1.54, 1.807) is 0 Å². The van der Waals surface area contributed by atoms with Crippen LogP contribution in [-0.4, -0.2) is 5.54 Å². The van der Waals surface area contributed by atoms with Crippen molar-refractivity contribution in [3.8, 4) is 0 Å². The number of nitrogens with two attached hydrogens (primary N) is 1. The molecule has 0 aliphatic heterocycles. The number of unbranched alkanes of at least 4 members (excludes halogenated alkanes) is 27. The van der Waals surface area contributed by atoms with Gasteiger partial charge in [-0.25, -0.2) is 0 Å². The normalized spacial score (nSPS) is 12.8. The topological polar surface area (TPSA) is 26.0 Å². The van der Waals surface area contributed by atoms with Crippen LogP contribution in [0.25, 0.3) is 0 Å². The molecule has 1 atom stereocenters. The van der Waals surface area contributed by atoms with Gasteiger partial charge in [0.25, 0.3) is 0 Å². The van der Waals surface area contributed by atoms with E-state index in [1.165, 1.54) is 212 Å². The number of rotatable bonds is 34. The van der Waals surface area contributed by atoms with E-state index < -0.39 is 0 Å². The summed E-state index contributed by atoms with van der Waals surface area (Å²) >= 11 is 0. The van der Waals surface area contributed by atoms with Gasteiger partial charge < -0.3 is 5.73 Å². The largest absolute Gasteiger partial charge is 0.325 e. The Morgan fingerprint density at radius 2 is 0.575 bits per heavy atom. The van der Waals surface area contributed by atoms with Gasteiger partial charge in [0.15, 0.2) is 0 Å². The average molecular weight is 564 g/mol. The Kier molecular flexibility index (Phi) is 31.9. The standard InChI is InChI=1S/C39H81N/c1-5-8-11-14-17-20-23-26-29-32-35-38(4)39(40,36-33-30-27-24-21-18-15-12-9-6-2)37-34-31-28-25-22-19-16-13-10-7-3/h38H,5-37,40H2,1-4H3. The molecule has 0 aromatic carbocycles. The van der Waals surface area contributed by atoms with Crippen LogP contribution in [0.1, 0.15) is 240 Å². The van der Waals surface area contributed by atoms with E-state index in [-0.39, 0.29) is 5.54 Å². The van der Waals surface area contributed by atoms with E-state index in [0.29, 0.717) is 5.92 Å². The first kappa shape index (κ1) is 40.0. The van der Waals surface area contributed by atoms with Gasteiger partial charge in [0.05, 0.1) is 0 Å². The van der Waals surface area contributed by atoms with Crippen LogP contribution in [0.15, 0.2) is 0 Å². The molecule has 0 radical (unpaired) electrons. The smallest absolute Gasteiger partial charge is 0.0180 e. The van der Waals surface area contributed by atoms with Crippen molar-refractivity contribution in [2.75, 3.05) is 0 Å². The molecule has 0 saturated heterocycles. The lowest BCUT2D eigenvalue weighted by molar-refractivity contribution is 0.220. The molecule has 40 heavy (non-hydrogen) atoms. The summed E-state index contributed by atoms with van der Waals surface area (Å²) in [6.07, 6.45) is 46.6. The fourth-order valence-corrected chi connectivity index (χ4v) is 6.73. The SMILES string of the molecule is CCCCCCCCCCCCC(C)C(N)(CCCCCCCCCCCC)CCCCCCCCCCCC. The van der Waals surface area contributed by atoms with Gasteiger partial charge in [0.2, 0.25) is 0 Å². The van der Waals surface area contributed by atoms with Gasteiger partial charge in [-0.3, -0.25) is 0 Å². The zero-order valence-corrected chi connectivity index (χ0v) is 29.0. The molecule has 0 bridgehead atoms. The monoisotopic (exact) mass is 564 g/mol. The van der Waals surface area contributed by atoms with Gasteiger partial charge in [0, 0.05) is 5.54 Å². The number of hydrogen-bond acceptors (Lipinski definition) is 1. The van der Waals surface area contributed by atoms with Crippen molar-refractivity contribution in [2.24, 2.45) is 11.7 Å². The molecule has 1 nitrogen and oxygen atoms in total. The highest BCUT2D eigenvalue weighted by molar-refractivity contribution is 4.89. The Hall–Kier alpha value is -0.0400. The van der Waals surface area contributed by atoms with Crippen molar-refractivity contribution < 1.29 is 0 Å². The summed E-state index contributed by atoms with van der Waals surface area (Å²) in [5.41, 5.74) is 7.36. The summed E-state index contributed by atoms with van der Waals surface area (Å²) in [7, 11) is 0. The van der Waals surface area contributed by atoms with Crippen LogP contribution in [0.4, 0.5) is 0 Å². The Bertz CT molecular complexity index is 434. The molecule has 0 aromatic heterocycles. The molecular weight excluding hydrogens is 482 g/mol. The van der Waals surface area contributed by atoms with Crippen LogP contribution in [0.3, 0.4) is 0 Å². The van der Waals surface area contributed by atoms with Crippen molar-refractivity contribution >= 4 is 0 Å². The van der Waals surface area contributed by atoms with Crippen LogP contribution in [-0.2, 0) is 0 Å². The molecule has 0 amide bonds. The molecule has 0 rings (SSSR count). The van der Waals surface area contributed by atoms with E-state index in [2.05, 4.69) is 27.7 Å². The Morgan fingerprint density at radius 1 is 0.350 bits per heavy atom. The molecule has 1 heteroatoms. The molecule has 242 valence electrons. The maximum absolute atomic E-state index is 7.28. The van der Waals surface area contributed by atoms with Crippen LogP contribution >= 0.6 is 0 Å². The van der Waals surface area contributed by atoms with Crippen LogP contribution in [0.5, 0.6) is 0 Å². The molecule has 0 saturated carbocycles. The number of hydrogen-bond donors (Lipinski definition) is 1. The van der Waals surface area contributed by atoms with Crippen molar-refractivity contribution in [1.82, 2.24) is 0 Å².